The molecule has 1 unspecified atom stereocenters. The first-order chi connectivity index (χ1) is 7.50. The van der Waals surface area contributed by atoms with Gasteiger partial charge >= 0.3 is 0 Å². The third kappa shape index (κ3) is 2.55. The highest BCUT2D eigenvalue weighted by Crippen LogP contribution is 2.26. The van der Waals surface area contributed by atoms with Crippen molar-refractivity contribution in [3.63, 3.8) is 0 Å². The molecule has 1 rings (SSSR count). The summed E-state index contributed by atoms with van der Waals surface area (Å²) in [5.74, 6) is -0.526. The van der Waals surface area contributed by atoms with Gasteiger partial charge in [0.25, 0.3) is 0 Å². The van der Waals surface area contributed by atoms with Gasteiger partial charge in [-0.3, -0.25) is 9.59 Å². The summed E-state index contributed by atoms with van der Waals surface area (Å²) in [5.41, 5.74) is -1.20. The van der Waals surface area contributed by atoms with Crippen molar-refractivity contribution in [2.24, 2.45) is 0 Å². The predicted molar refractivity (Wildman–Crippen MR) is 60.9 cm³/mol. The number of carbonyl (C=O) groups excluding carboxylic acids is 2. The van der Waals surface area contributed by atoms with Crippen LogP contribution < -0.4 is 0 Å². The Morgan fingerprint density at radius 3 is 2.25 bits per heavy atom. The van der Waals surface area contributed by atoms with Gasteiger partial charge < -0.3 is 5.11 Å². The molecular weight excluding hydrogens is 204 g/mol. The molecule has 0 aliphatic carbocycles. The van der Waals surface area contributed by atoms with E-state index in [1.807, 2.05) is 0 Å². The lowest BCUT2D eigenvalue weighted by atomic mass is 9.85. The summed E-state index contributed by atoms with van der Waals surface area (Å²) in [5, 5.41) is 10.3. The first-order valence-corrected chi connectivity index (χ1v) is 5.31. The molecule has 0 aromatic heterocycles. The molecule has 0 fully saturated rings. The second kappa shape index (κ2) is 5.03. The number of benzene rings is 1. The van der Waals surface area contributed by atoms with Gasteiger partial charge in [-0.25, -0.2) is 0 Å². The van der Waals surface area contributed by atoms with Crippen LogP contribution in [0, 0.1) is 0 Å². The Bertz CT molecular complexity index is 383. The molecule has 3 nitrogen and oxygen atoms in total. The third-order valence-corrected chi connectivity index (χ3v) is 2.68. The van der Waals surface area contributed by atoms with E-state index in [0.29, 0.717) is 12.0 Å². The summed E-state index contributed by atoms with van der Waals surface area (Å²) in [6.07, 6.45) is 0.172. The first-order valence-electron chi connectivity index (χ1n) is 5.31. The maximum Gasteiger partial charge on any atom is 0.166 e. The average molecular weight is 220 g/mol. The molecule has 3 heteroatoms. The number of rotatable bonds is 5. The molecule has 0 aliphatic rings. The molecule has 0 radical (unpaired) electrons. The van der Waals surface area contributed by atoms with Gasteiger partial charge in [-0.05, 0) is 12.5 Å². The molecule has 86 valence electrons. The van der Waals surface area contributed by atoms with Crippen LogP contribution in [0.5, 0.6) is 0 Å². The molecule has 0 saturated carbocycles. The second-order valence-electron chi connectivity index (χ2n) is 3.85. The number of carbonyl (C=O) groups is 2. The van der Waals surface area contributed by atoms with Gasteiger partial charge in [0.15, 0.2) is 11.4 Å². The highest BCUT2D eigenvalue weighted by molar-refractivity contribution is 5.92. The highest BCUT2D eigenvalue weighted by Gasteiger charge is 2.36. The normalized spacial score (nSPS) is 14.2. The van der Waals surface area contributed by atoms with Crippen LogP contribution in [-0.4, -0.2) is 16.7 Å². The fourth-order valence-electron chi connectivity index (χ4n) is 1.55. The van der Waals surface area contributed by atoms with Crippen molar-refractivity contribution in [3.05, 3.63) is 35.9 Å². The smallest absolute Gasteiger partial charge is 0.166 e. The standard InChI is InChI=1S/C13H16O3/c1-3-12(15)9-13(16,10(2)14)11-7-5-4-6-8-11/h4-8,16H,3,9H2,1-2H3. The van der Waals surface area contributed by atoms with Crippen LogP contribution in [0.4, 0.5) is 0 Å². The SMILES string of the molecule is CCC(=O)CC(O)(C(C)=O)c1ccccc1. The Balaban J connectivity index is 3.07. The summed E-state index contributed by atoms with van der Waals surface area (Å²) in [7, 11) is 0. The van der Waals surface area contributed by atoms with Crippen LogP contribution in [0.2, 0.25) is 0 Å². The molecular formula is C13H16O3. The summed E-state index contributed by atoms with van der Waals surface area (Å²) >= 11 is 0. The first kappa shape index (κ1) is 12.6. The number of hydrogen-bond acceptors (Lipinski definition) is 3. The minimum atomic E-state index is -1.67. The largest absolute Gasteiger partial charge is 0.377 e. The van der Waals surface area contributed by atoms with E-state index in [9.17, 15) is 14.7 Å². The van der Waals surface area contributed by atoms with Crippen molar-refractivity contribution in [2.75, 3.05) is 0 Å². The van der Waals surface area contributed by atoms with Crippen LogP contribution >= 0.6 is 0 Å². The maximum atomic E-state index is 11.5. The lowest BCUT2D eigenvalue weighted by molar-refractivity contribution is -0.142. The number of aliphatic hydroxyl groups is 1. The lowest BCUT2D eigenvalue weighted by Gasteiger charge is -2.24. The molecule has 0 heterocycles. The van der Waals surface area contributed by atoms with Gasteiger partial charge in [0.2, 0.25) is 0 Å². The van der Waals surface area contributed by atoms with E-state index in [-0.39, 0.29) is 12.2 Å². The Labute approximate surface area is 95.1 Å². The van der Waals surface area contributed by atoms with Gasteiger partial charge in [-0.1, -0.05) is 37.3 Å². The fourth-order valence-corrected chi connectivity index (χ4v) is 1.55. The van der Waals surface area contributed by atoms with Gasteiger partial charge in [0.1, 0.15) is 5.78 Å². The highest BCUT2D eigenvalue weighted by atomic mass is 16.3. The zero-order valence-corrected chi connectivity index (χ0v) is 9.56. The molecule has 0 amide bonds. The molecule has 0 aliphatic heterocycles. The molecule has 16 heavy (non-hydrogen) atoms. The Hall–Kier alpha value is -1.48. The predicted octanol–water partition coefficient (Wildman–Crippen LogP) is 1.83. The molecule has 1 N–H and O–H groups in total. The van der Waals surface area contributed by atoms with Gasteiger partial charge in [-0.15, -0.1) is 0 Å². The quantitative estimate of drug-likeness (QED) is 0.823. The second-order valence-corrected chi connectivity index (χ2v) is 3.85. The fraction of sp³-hybridized carbons (Fsp3) is 0.385. The van der Waals surface area contributed by atoms with E-state index in [1.165, 1.54) is 6.92 Å². The number of hydrogen-bond donors (Lipinski definition) is 1. The molecule has 0 spiro atoms. The molecule has 1 atom stereocenters. The van der Waals surface area contributed by atoms with Crippen molar-refractivity contribution >= 4 is 11.6 Å². The van der Waals surface area contributed by atoms with E-state index in [2.05, 4.69) is 0 Å². The summed E-state index contributed by atoms with van der Waals surface area (Å²) in [6.45, 7) is 3.02. The topological polar surface area (TPSA) is 54.4 Å². The van der Waals surface area contributed by atoms with Gasteiger partial charge in [-0.2, -0.15) is 0 Å². The van der Waals surface area contributed by atoms with Crippen molar-refractivity contribution < 1.29 is 14.7 Å². The van der Waals surface area contributed by atoms with E-state index in [4.69, 9.17) is 0 Å². The summed E-state index contributed by atoms with van der Waals surface area (Å²) in [6, 6.07) is 8.58. The van der Waals surface area contributed by atoms with E-state index >= 15 is 0 Å². The summed E-state index contributed by atoms with van der Waals surface area (Å²) < 4.78 is 0. The Morgan fingerprint density at radius 1 is 1.25 bits per heavy atom. The number of Topliss-reactive ketones (excluding diaryl/α,β-unsaturated/α-hetero) is 2. The third-order valence-electron chi connectivity index (χ3n) is 2.68. The van der Waals surface area contributed by atoms with E-state index < -0.39 is 11.4 Å². The molecule has 1 aromatic rings. The van der Waals surface area contributed by atoms with Crippen LogP contribution in [0.25, 0.3) is 0 Å². The minimum absolute atomic E-state index is 0.124. The van der Waals surface area contributed by atoms with Gasteiger partial charge in [0.05, 0.1) is 0 Å². The monoisotopic (exact) mass is 220 g/mol. The van der Waals surface area contributed by atoms with E-state index in [0.717, 1.165) is 0 Å². The van der Waals surface area contributed by atoms with Crippen LogP contribution in [0.1, 0.15) is 32.3 Å². The maximum absolute atomic E-state index is 11.5. The molecule has 0 bridgehead atoms. The average Bonchev–Trinajstić information content (AvgIpc) is 2.29. The van der Waals surface area contributed by atoms with Crippen molar-refractivity contribution in [2.45, 2.75) is 32.3 Å². The van der Waals surface area contributed by atoms with Gasteiger partial charge in [0, 0.05) is 12.8 Å². The molecule has 0 saturated heterocycles. The van der Waals surface area contributed by atoms with E-state index in [1.54, 1.807) is 37.3 Å². The Kier molecular flexibility index (Phi) is 3.96. The zero-order chi connectivity index (χ0) is 12.2. The Morgan fingerprint density at radius 2 is 1.81 bits per heavy atom. The van der Waals surface area contributed by atoms with Crippen LogP contribution in [0.15, 0.2) is 30.3 Å². The lowest BCUT2D eigenvalue weighted by Crippen LogP contribution is -2.36. The van der Waals surface area contributed by atoms with Crippen molar-refractivity contribution in [3.8, 4) is 0 Å². The summed E-state index contributed by atoms with van der Waals surface area (Å²) in [4.78, 5) is 22.9. The van der Waals surface area contributed by atoms with Crippen molar-refractivity contribution in [1.29, 1.82) is 0 Å². The van der Waals surface area contributed by atoms with Crippen LogP contribution in [-0.2, 0) is 15.2 Å². The zero-order valence-electron chi connectivity index (χ0n) is 9.56. The number of ketones is 2. The minimum Gasteiger partial charge on any atom is -0.377 e. The molecule has 1 aromatic carbocycles. The van der Waals surface area contributed by atoms with Crippen molar-refractivity contribution in [1.82, 2.24) is 0 Å². The van der Waals surface area contributed by atoms with Crippen LogP contribution in [0.3, 0.4) is 0 Å².